The van der Waals surface area contributed by atoms with Gasteiger partial charge >= 0.3 is 0 Å². The molecule has 3 aromatic heterocycles. The normalized spacial score (nSPS) is 11.5. The number of furan rings is 1. The molecule has 8 heteroatoms. The molecule has 0 aliphatic carbocycles. The molecule has 0 spiro atoms. The summed E-state index contributed by atoms with van der Waals surface area (Å²) >= 11 is 13.8. The predicted molar refractivity (Wildman–Crippen MR) is 125 cm³/mol. The van der Waals surface area contributed by atoms with Gasteiger partial charge in [0.05, 0.1) is 11.2 Å². The minimum Gasteiger partial charge on any atom is -0.454 e. The van der Waals surface area contributed by atoms with Gasteiger partial charge in [-0.3, -0.25) is 5.43 Å². The molecule has 148 valence electrons. The molecule has 0 saturated carbocycles. The largest absolute Gasteiger partial charge is 0.454 e. The molecule has 30 heavy (non-hydrogen) atoms. The number of hydrazone groups is 1. The number of hydrogen-bond acceptors (Lipinski definition) is 5. The predicted octanol–water partition coefficient (Wildman–Crippen LogP) is 7.30. The molecule has 0 fully saturated rings. The molecule has 2 aromatic carbocycles. The molecular weight excluding hydrogens is 439 g/mol. The van der Waals surface area contributed by atoms with Crippen molar-refractivity contribution in [1.82, 2.24) is 9.97 Å². The average molecular weight is 453 g/mol. The van der Waals surface area contributed by atoms with E-state index in [2.05, 4.69) is 26.6 Å². The van der Waals surface area contributed by atoms with E-state index in [1.807, 2.05) is 41.9 Å². The number of halogens is 2. The van der Waals surface area contributed by atoms with Gasteiger partial charge in [-0.05, 0) is 36.4 Å². The van der Waals surface area contributed by atoms with Crippen LogP contribution in [0.1, 0.15) is 5.56 Å². The lowest BCUT2D eigenvalue weighted by Crippen LogP contribution is -1.89. The lowest BCUT2D eigenvalue weighted by atomic mass is 10.2. The van der Waals surface area contributed by atoms with E-state index in [0.29, 0.717) is 32.4 Å². The number of nitrogens with zero attached hydrogens (tertiary/aromatic N) is 2. The Morgan fingerprint density at radius 2 is 1.93 bits per heavy atom. The van der Waals surface area contributed by atoms with Gasteiger partial charge in [0.1, 0.15) is 11.5 Å². The molecule has 5 nitrogen and oxygen atoms in total. The van der Waals surface area contributed by atoms with Crippen molar-refractivity contribution in [3.05, 3.63) is 81.8 Å². The van der Waals surface area contributed by atoms with Crippen molar-refractivity contribution < 1.29 is 4.42 Å². The number of nitrogens with one attached hydrogen (secondary N) is 2. The third-order valence-electron chi connectivity index (χ3n) is 4.54. The van der Waals surface area contributed by atoms with Crippen molar-refractivity contribution in [3.63, 3.8) is 0 Å². The Hall–Kier alpha value is -3.06. The summed E-state index contributed by atoms with van der Waals surface area (Å²) in [6.45, 7) is 0. The van der Waals surface area contributed by atoms with Crippen LogP contribution < -0.4 is 5.43 Å². The summed E-state index contributed by atoms with van der Waals surface area (Å²) in [6, 6.07) is 17.1. The van der Waals surface area contributed by atoms with Gasteiger partial charge in [-0.25, -0.2) is 4.98 Å². The standard InChI is InChI=1S/C22H14Cl2N4OS/c23-14-5-6-17(24)16(9-14)20-7-8-21(29-20)19-12-30-22(27-19)28-26-11-13-10-25-18-4-2-1-3-15(13)18/h1-12,25H,(H,27,28). The van der Waals surface area contributed by atoms with Crippen LogP contribution in [0, 0.1) is 0 Å². The molecular formula is C22H14Cl2N4OS. The quantitative estimate of drug-likeness (QED) is 0.217. The fourth-order valence-corrected chi connectivity index (χ4v) is 4.13. The van der Waals surface area contributed by atoms with Gasteiger partial charge in [-0.15, -0.1) is 11.3 Å². The van der Waals surface area contributed by atoms with E-state index in [0.717, 1.165) is 22.0 Å². The van der Waals surface area contributed by atoms with Gasteiger partial charge in [0.25, 0.3) is 0 Å². The van der Waals surface area contributed by atoms with Crippen LogP contribution in [0.2, 0.25) is 10.0 Å². The van der Waals surface area contributed by atoms with E-state index in [-0.39, 0.29) is 0 Å². The summed E-state index contributed by atoms with van der Waals surface area (Å²) in [5.74, 6) is 1.28. The first-order chi connectivity index (χ1) is 14.7. The molecule has 0 unspecified atom stereocenters. The van der Waals surface area contributed by atoms with Gasteiger partial charge in [-0.2, -0.15) is 5.10 Å². The Kier molecular flexibility index (Phi) is 5.04. The maximum absolute atomic E-state index is 6.27. The van der Waals surface area contributed by atoms with E-state index in [1.54, 1.807) is 24.4 Å². The van der Waals surface area contributed by atoms with Gasteiger partial charge in [0.2, 0.25) is 5.13 Å². The van der Waals surface area contributed by atoms with E-state index in [9.17, 15) is 0 Å². The Labute approximate surface area is 186 Å². The molecule has 2 N–H and O–H groups in total. The Morgan fingerprint density at radius 1 is 1.07 bits per heavy atom. The zero-order valence-electron chi connectivity index (χ0n) is 15.4. The number of anilines is 1. The lowest BCUT2D eigenvalue weighted by molar-refractivity contribution is 0.595. The maximum Gasteiger partial charge on any atom is 0.203 e. The van der Waals surface area contributed by atoms with Crippen LogP contribution in [0.5, 0.6) is 0 Å². The van der Waals surface area contributed by atoms with Crippen LogP contribution in [-0.2, 0) is 0 Å². The molecule has 0 bridgehead atoms. The molecule has 5 aromatic rings. The molecule has 0 atom stereocenters. The molecule has 0 amide bonds. The number of para-hydroxylation sites is 1. The minimum absolute atomic E-state index is 0.576. The number of fused-ring (bicyclic) bond motifs is 1. The first-order valence-electron chi connectivity index (χ1n) is 9.04. The third kappa shape index (κ3) is 3.73. The maximum atomic E-state index is 6.27. The zero-order valence-corrected chi connectivity index (χ0v) is 17.7. The zero-order chi connectivity index (χ0) is 20.5. The fourth-order valence-electron chi connectivity index (χ4n) is 3.10. The minimum atomic E-state index is 0.576. The van der Waals surface area contributed by atoms with E-state index < -0.39 is 0 Å². The van der Waals surface area contributed by atoms with Gasteiger partial charge in [0.15, 0.2) is 5.76 Å². The highest BCUT2D eigenvalue weighted by Crippen LogP contribution is 2.35. The summed E-state index contributed by atoms with van der Waals surface area (Å²) < 4.78 is 5.95. The summed E-state index contributed by atoms with van der Waals surface area (Å²) in [6.07, 6.45) is 3.69. The number of benzene rings is 2. The number of thiazole rings is 1. The van der Waals surface area contributed by atoms with Gasteiger partial charge < -0.3 is 9.40 Å². The number of aromatic nitrogens is 2. The van der Waals surface area contributed by atoms with Crippen molar-refractivity contribution in [1.29, 1.82) is 0 Å². The number of aromatic amines is 1. The monoisotopic (exact) mass is 452 g/mol. The molecule has 5 rings (SSSR count). The van der Waals surface area contributed by atoms with Crippen LogP contribution in [0.3, 0.4) is 0 Å². The summed E-state index contributed by atoms with van der Waals surface area (Å²) in [7, 11) is 0. The van der Waals surface area contributed by atoms with Crippen molar-refractivity contribution in [2.24, 2.45) is 5.10 Å². The van der Waals surface area contributed by atoms with Crippen LogP contribution in [-0.4, -0.2) is 16.2 Å². The van der Waals surface area contributed by atoms with Crippen molar-refractivity contribution in [2.45, 2.75) is 0 Å². The van der Waals surface area contributed by atoms with Crippen LogP contribution in [0.15, 0.2) is 75.7 Å². The second-order valence-corrected chi connectivity index (χ2v) is 8.19. The van der Waals surface area contributed by atoms with E-state index in [4.69, 9.17) is 27.6 Å². The van der Waals surface area contributed by atoms with Gasteiger partial charge in [-0.1, -0.05) is 41.4 Å². The number of H-pyrrole nitrogens is 1. The first-order valence-corrected chi connectivity index (χ1v) is 10.7. The Bertz CT molecular complexity index is 1370. The molecule has 3 heterocycles. The molecule has 0 saturated heterocycles. The highest BCUT2D eigenvalue weighted by Gasteiger charge is 2.13. The second-order valence-electron chi connectivity index (χ2n) is 6.49. The van der Waals surface area contributed by atoms with Crippen LogP contribution >= 0.6 is 34.5 Å². The smallest absolute Gasteiger partial charge is 0.203 e. The highest BCUT2D eigenvalue weighted by molar-refractivity contribution is 7.14. The first kappa shape index (κ1) is 18.9. The van der Waals surface area contributed by atoms with Crippen molar-refractivity contribution in [3.8, 4) is 22.8 Å². The number of hydrogen-bond donors (Lipinski definition) is 2. The molecule has 0 aliphatic rings. The van der Waals surface area contributed by atoms with Crippen LogP contribution in [0.4, 0.5) is 5.13 Å². The summed E-state index contributed by atoms with van der Waals surface area (Å²) in [5, 5.41) is 9.17. The fraction of sp³-hybridized carbons (Fsp3) is 0. The highest BCUT2D eigenvalue weighted by atomic mass is 35.5. The Morgan fingerprint density at radius 3 is 2.87 bits per heavy atom. The van der Waals surface area contributed by atoms with Crippen molar-refractivity contribution >= 4 is 56.8 Å². The Balaban J connectivity index is 1.32. The summed E-state index contributed by atoms with van der Waals surface area (Å²) in [5.41, 5.74) is 6.51. The summed E-state index contributed by atoms with van der Waals surface area (Å²) in [4.78, 5) is 7.77. The average Bonchev–Trinajstić information content (AvgIpc) is 3.49. The lowest BCUT2D eigenvalue weighted by Gasteiger charge is -2.01. The number of rotatable bonds is 5. The van der Waals surface area contributed by atoms with E-state index in [1.165, 1.54) is 11.3 Å². The molecule has 0 aliphatic heterocycles. The second kappa shape index (κ2) is 7.99. The molecule has 0 radical (unpaired) electrons. The van der Waals surface area contributed by atoms with E-state index >= 15 is 0 Å². The topological polar surface area (TPSA) is 66.2 Å². The van der Waals surface area contributed by atoms with Crippen molar-refractivity contribution in [2.75, 3.05) is 5.43 Å². The SMILES string of the molecule is Clc1ccc(Cl)c(-c2ccc(-c3csc(NN=Cc4c[nH]c5ccccc45)n3)o2)c1. The van der Waals surface area contributed by atoms with Gasteiger partial charge in [0, 0.05) is 38.6 Å². The third-order valence-corrected chi connectivity index (χ3v) is 5.85. The van der Waals surface area contributed by atoms with Crippen LogP contribution in [0.25, 0.3) is 33.7 Å².